The number of carbonyl (C=O) groups is 1. The maximum atomic E-state index is 15.1. The molecular weight excluding hydrogens is 439 g/mol. The number of halogens is 1. The van der Waals surface area contributed by atoms with Gasteiger partial charge >= 0.3 is 0 Å². The lowest BCUT2D eigenvalue weighted by molar-refractivity contribution is -0.118. The van der Waals surface area contributed by atoms with Crippen LogP contribution in [0.4, 0.5) is 10.2 Å². The summed E-state index contributed by atoms with van der Waals surface area (Å²) in [5.41, 5.74) is 0.339. The molecule has 2 N–H and O–H groups in total. The molecule has 1 aromatic carbocycles. The van der Waals surface area contributed by atoms with Crippen molar-refractivity contribution in [1.82, 2.24) is 14.8 Å². The van der Waals surface area contributed by atoms with Crippen LogP contribution < -0.4 is 14.8 Å². The van der Waals surface area contributed by atoms with Crippen LogP contribution in [0.25, 0.3) is 22.2 Å². The molecule has 0 atom stereocenters. The fraction of sp³-hybridized carbons (Fsp3) is 0.480. The van der Waals surface area contributed by atoms with Crippen LogP contribution in [0.5, 0.6) is 11.5 Å². The van der Waals surface area contributed by atoms with E-state index in [-0.39, 0.29) is 23.9 Å². The smallest absolute Gasteiger partial charge is 0.231 e. The van der Waals surface area contributed by atoms with Gasteiger partial charge in [-0.2, -0.15) is 5.10 Å². The SMILES string of the molecule is CCC(C)(C)CC(=O)Nc1nn(CCC(C)(C)O)c2ncc(-c3ccc4c(c3F)OCO4)cc12. The van der Waals surface area contributed by atoms with Crippen LogP contribution in [0, 0.1) is 11.2 Å². The summed E-state index contributed by atoms with van der Waals surface area (Å²) in [6, 6.07) is 5.04. The Morgan fingerprint density at radius 2 is 2.03 bits per heavy atom. The van der Waals surface area contributed by atoms with Gasteiger partial charge in [0.15, 0.2) is 23.0 Å². The number of hydrogen-bond acceptors (Lipinski definition) is 6. The average Bonchev–Trinajstić information content (AvgIpc) is 3.37. The van der Waals surface area contributed by atoms with E-state index in [1.54, 1.807) is 42.9 Å². The minimum absolute atomic E-state index is 0.0226. The Kier molecular flexibility index (Phi) is 6.24. The van der Waals surface area contributed by atoms with Crippen LogP contribution in [0.15, 0.2) is 24.4 Å². The Balaban J connectivity index is 1.74. The van der Waals surface area contributed by atoms with E-state index in [9.17, 15) is 9.90 Å². The van der Waals surface area contributed by atoms with E-state index in [1.807, 2.05) is 20.8 Å². The van der Waals surface area contributed by atoms with E-state index >= 15 is 4.39 Å². The van der Waals surface area contributed by atoms with Crippen molar-refractivity contribution in [3.8, 4) is 22.6 Å². The number of aromatic nitrogens is 3. The molecule has 3 aromatic rings. The van der Waals surface area contributed by atoms with Gasteiger partial charge in [0.1, 0.15) is 0 Å². The maximum absolute atomic E-state index is 15.1. The fourth-order valence-electron chi connectivity index (χ4n) is 3.73. The lowest BCUT2D eigenvalue weighted by Gasteiger charge is -2.21. The third kappa shape index (κ3) is 4.99. The first-order chi connectivity index (χ1) is 16.0. The first-order valence-corrected chi connectivity index (χ1v) is 11.4. The lowest BCUT2D eigenvalue weighted by Crippen LogP contribution is -2.22. The summed E-state index contributed by atoms with van der Waals surface area (Å²) >= 11 is 0. The zero-order chi connectivity index (χ0) is 24.7. The first-order valence-electron chi connectivity index (χ1n) is 11.4. The standard InChI is InChI=1S/C25H31FN4O4/c1-6-24(2,3)12-19(31)28-22-17-11-15(16-7-8-18-21(20(16)26)34-14-33-18)13-27-23(17)30(29-22)10-9-25(4,5)32/h7-8,11,13,32H,6,9-10,12,14H2,1-5H3,(H,28,29,31). The van der Waals surface area contributed by atoms with E-state index in [4.69, 9.17) is 9.47 Å². The van der Waals surface area contributed by atoms with Crippen LogP contribution in [0.1, 0.15) is 53.9 Å². The quantitative estimate of drug-likeness (QED) is 0.486. The van der Waals surface area contributed by atoms with Gasteiger partial charge in [-0.05, 0) is 43.9 Å². The summed E-state index contributed by atoms with van der Waals surface area (Å²) in [5, 5.41) is 18.2. The summed E-state index contributed by atoms with van der Waals surface area (Å²) < 4.78 is 27.3. The summed E-state index contributed by atoms with van der Waals surface area (Å²) in [6.07, 6.45) is 3.21. The number of anilines is 1. The van der Waals surface area contributed by atoms with Gasteiger partial charge in [0.05, 0.1) is 11.0 Å². The second kappa shape index (κ2) is 8.87. The predicted octanol–water partition coefficient (Wildman–Crippen LogP) is 4.89. The molecule has 0 aliphatic carbocycles. The zero-order valence-corrected chi connectivity index (χ0v) is 20.2. The number of ether oxygens (including phenoxy) is 2. The van der Waals surface area contributed by atoms with Gasteiger partial charge in [-0.1, -0.05) is 27.2 Å². The molecule has 2 aromatic heterocycles. The number of nitrogens with zero attached hydrogens (tertiary/aromatic N) is 3. The molecule has 8 nitrogen and oxygen atoms in total. The number of pyridine rings is 1. The second-order valence-corrected chi connectivity index (χ2v) is 10.1. The number of aliphatic hydroxyl groups is 1. The van der Waals surface area contributed by atoms with Gasteiger partial charge < -0.3 is 19.9 Å². The lowest BCUT2D eigenvalue weighted by atomic mass is 9.86. The number of nitrogens with one attached hydrogen (secondary N) is 1. The molecule has 0 spiro atoms. The molecule has 0 bridgehead atoms. The highest BCUT2D eigenvalue weighted by Crippen LogP contribution is 2.40. The Morgan fingerprint density at radius 1 is 1.26 bits per heavy atom. The topological polar surface area (TPSA) is 98.5 Å². The van der Waals surface area contributed by atoms with Gasteiger partial charge in [-0.15, -0.1) is 0 Å². The molecular formula is C25H31FN4O4. The summed E-state index contributed by atoms with van der Waals surface area (Å²) in [7, 11) is 0. The van der Waals surface area contributed by atoms with Crippen LogP contribution in [0.3, 0.4) is 0 Å². The highest BCUT2D eigenvalue weighted by Gasteiger charge is 2.25. The number of rotatable bonds is 8. The molecule has 0 radical (unpaired) electrons. The van der Waals surface area contributed by atoms with Crippen molar-refractivity contribution in [3.05, 3.63) is 30.2 Å². The predicted molar refractivity (Wildman–Crippen MR) is 127 cm³/mol. The van der Waals surface area contributed by atoms with Crippen molar-refractivity contribution >= 4 is 22.8 Å². The highest BCUT2D eigenvalue weighted by atomic mass is 19.1. The number of fused-ring (bicyclic) bond motifs is 2. The molecule has 0 unspecified atom stereocenters. The minimum atomic E-state index is -0.887. The molecule has 1 aliphatic heterocycles. The van der Waals surface area contributed by atoms with Crippen molar-refractivity contribution < 1.29 is 23.8 Å². The van der Waals surface area contributed by atoms with E-state index in [0.29, 0.717) is 53.1 Å². The molecule has 3 heterocycles. The average molecular weight is 471 g/mol. The van der Waals surface area contributed by atoms with E-state index < -0.39 is 11.4 Å². The van der Waals surface area contributed by atoms with Gasteiger partial charge in [0.25, 0.3) is 0 Å². The number of carbonyl (C=O) groups excluding carboxylic acids is 1. The van der Waals surface area contributed by atoms with E-state index in [2.05, 4.69) is 15.4 Å². The molecule has 0 saturated carbocycles. The van der Waals surface area contributed by atoms with Crippen molar-refractivity contribution in [3.63, 3.8) is 0 Å². The fourth-order valence-corrected chi connectivity index (χ4v) is 3.73. The number of amides is 1. The molecule has 182 valence electrons. The number of hydrogen-bond donors (Lipinski definition) is 2. The monoisotopic (exact) mass is 470 g/mol. The summed E-state index contributed by atoms with van der Waals surface area (Å²) in [4.78, 5) is 17.3. The van der Waals surface area contributed by atoms with Gasteiger partial charge in [0.2, 0.25) is 18.4 Å². The summed E-state index contributed by atoms with van der Waals surface area (Å²) in [5.74, 6) is 0.120. The highest BCUT2D eigenvalue weighted by molar-refractivity contribution is 6.00. The minimum Gasteiger partial charge on any atom is -0.453 e. The normalized spacial score (nSPS) is 13.5. The number of benzene rings is 1. The first kappa shape index (κ1) is 23.9. The third-order valence-corrected chi connectivity index (χ3v) is 6.17. The Hall–Kier alpha value is -3.20. The molecule has 34 heavy (non-hydrogen) atoms. The molecule has 1 aliphatic rings. The van der Waals surface area contributed by atoms with Crippen molar-refractivity contribution in [1.29, 1.82) is 0 Å². The molecule has 0 fully saturated rings. The van der Waals surface area contributed by atoms with Crippen molar-refractivity contribution in [2.24, 2.45) is 5.41 Å². The largest absolute Gasteiger partial charge is 0.453 e. The van der Waals surface area contributed by atoms with E-state index in [1.165, 1.54) is 0 Å². The molecule has 0 saturated heterocycles. The Bertz CT molecular complexity index is 1230. The van der Waals surface area contributed by atoms with Crippen LogP contribution in [0.2, 0.25) is 0 Å². The van der Waals surface area contributed by atoms with Crippen LogP contribution in [-0.2, 0) is 11.3 Å². The van der Waals surface area contributed by atoms with Crippen LogP contribution >= 0.6 is 0 Å². The third-order valence-electron chi connectivity index (χ3n) is 6.17. The summed E-state index contributed by atoms with van der Waals surface area (Å²) in [6.45, 7) is 9.95. The molecule has 9 heteroatoms. The zero-order valence-electron chi connectivity index (χ0n) is 20.2. The van der Waals surface area contributed by atoms with Gasteiger partial charge in [-0.3, -0.25) is 4.79 Å². The van der Waals surface area contributed by atoms with E-state index in [0.717, 1.165) is 6.42 Å². The number of aryl methyl sites for hydroxylation is 1. The van der Waals surface area contributed by atoms with Gasteiger partial charge in [-0.25, -0.2) is 14.1 Å². The molecule has 1 amide bonds. The van der Waals surface area contributed by atoms with Crippen molar-refractivity contribution in [2.45, 2.75) is 66.0 Å². The maximum Gasteiger partial charge on any atom is 0.231 e. The van der Waals surface area contributed by atoms with Crippen LogP contribution in [-0.4, -0.2) is 38.2 Å². The molecule has 4 rings (SSSR count). The Morgan fingerprint density at radius 3 is 2.74 bits per heavy atom. The second-order valence-electron chi connectivity index (χ2n) is 10.1. The Labute approximate surface area is 198 Å². The van der Waals surface area contributed by atoms with Crippen molar-refractivity contribution in [2.75, 3.05) is 12.1 Å². The van der Waals surface area contributed by atoms with Gasteiger partial charge in [0, 0.05) is 30.3 Å².